The molecule has 7 nitrogen and oxygen atoms in total. The van der Waals surface area contributed by atoms with Gasteiger partial charge in [-0.25, -0.2) is 0 Å². The van der Waals surface area contributed by atoms with Crippen LogP contribution in [0.4, 0.5) is 0 Å². The van der Waals surface area contributed by atoms with Crippen molar-refractivity contribution >= 4 is 0 Å². The molecule has 3 N–H and O–H groups in total. The molecule has 2 aromatic carbocycles. The standard InChI is InChI=1S/C18H20O7/c1-22-11-2-4-12(5-3-11)24-13-6-8-14(9-7-13)25-18-17(21)16(20)15(19)10-23-18/h2-9,15-21H,10H2,1H3/t15-,16-,17+,18+/m0/s1. The molecule has 7 heteroatoms. The first-order chi connectivity index (χ1) is 12.1. The Bertz CT molecular complexity index is 671. The minimum Gasteiger partial charge on any atom is -0.497 e. The van der Waals surface area contributed by atoms with Gasteiger partial charge in [-0.1, -0.05) is 0 Å². The molecule has 0 amide bonds. The van der Waals surface area contributed by atoms with Gasteiger partial charge in [-0.15, -0.1) is 0 Å². The zero-order chi connectivity index (χ0) is 17.8. The first kappa shape index (κ1) is 17.5. The monoisotopic (exact) mass is 348 g/mol. The molecular weight excluding hydrogens is 328 g/mol. The zero-order valence-electron chi connectivity index (χ0n) is 13.6. The van der Waals surface area contributed by atoms with Crippen LogP contribution in [0.2, 0.25) is 0 Å². The molecule has 134 valence electrons. The molecule has 2 aromatic rings. The van der Waals surface area contributed by atoms with Gasteiger partial charge in [0, 0.05) is 0 Å². The summed E-state index contributed by atoms with van der Waals surface area (Å²) >= 11 is 0. The molecule has 0 unspecified atom stereocenters. The number of hydrogen-bond acceptors (Lipinski definition) is 7. The third-order valence-corrected chi connectivity index (χ3v) is 3.83. The van der Waals surface area contributed by atoms with Crippen molar-refractivity contribution in [2.75, 3.05) is 13.7 Å². The van der Waals surface area contributed by atoms with Gasteiger partial charge in [0.05, 0.1) is 13.7 Å². The van der Waals surface area contributed by atoms with Gasteiger partial charge in [0.1, 0.15) is 41.3 Å². The van der Waals surface area contributed by atoms with Crippen molar-refractivity contribution < 1.29 is 34.3 Å². The molecule has 0 saturated carbocycles. The fraction of sp³-hybridized carbons (Fsp3) is 0.333. The van der Waals surface area contributed by atoms with E-state index in [4.69, 9.17) is 18.9 Å². The maximum Gasteiger partial charge on any atom is 0.228 e. The lowest BCUT2D eigenvalue weighted by Gasteiger charge is -2.34. The lowest BCUT2D eigenvalue weighted by Crippen LogP contribution is -2.54. The summed E-state index contributed by atoms with van der Waals surface area (Å²) < 4.78 is 21.5. The lowest BCUT2D eigenvalue weighted by atomic mass is 10.1. The van der Waals surface area contributed by atoms with Gasteiger partial charge in [-0.2, -0.15) is 0 Å². The van der Waals surface area contributed by atoms with Gasteiger partial charge in [-0.3, -0.25) is 0 Å². The largest absolute Gasteiger partial charge is 0.497 e. The topological polar surface area (TPSA) is 97.6 Å². The molecule has 1 aliphatic rings. The molecule has 0 spiro atoms. The summed E-state index contributed by atoms with van der Waals surface area (Å²) in [4.78, 5) is 0. The van der Waals surface area contributed by atoms with E-state index in [1.165, 1.54) is 0 Å². The Balaban J connectivity index is 1.60. The van der Waals surface area contributed by atoms with Crippen LogP contribution in [0.1, 0.15) is 0 Å². The number of methoxy groups -OCH3 is 1. The van der Waals surface area contributed by atoms with Crippen molar-refractivity contribution in [1.82, 2.24) is 0 Å². The fourth-order valence-electron chi connectivity index (χ4n) is 2.38. The normalized spacial score (nSPS) is 26.1. The van der Waals surface area contributed by atoms with Crippen molar-refractivity contribution in [3.05, 3.63) is 48.5 Å². The highest BCUT2D eigenvalue weighted by Crippen LogP contribution is 2.27. The summed E-state index contributed by atoms with van der Waals surface area (Å²) in [7, 11) is 1.60. The van der Waals surface area contributed by atoms with E-state index in [-0.39, 0.29) is 6.61 Å². The van der Waals surface area contributed by atoms with Crippen molar-refractivity contribution in [3.63, 3.8) is 0 Å². The van der Waals surface area contributed by atoms with Crippen LogP contribution in [0, 0.1) is 0 Å². The van der Waals surface area contributed by atoms with Gasteiger partial charge < -0.3 is 34.3 Å². The summed E-state index contributed by atoms with van der Waals surface area (Å²) in [6, 6.07) is 13.9. The van der Waals surface area contributed by atoms with Crippen LogP contribution in [0.15, 0.2) is 48.5 Å². The van der Waals surface area contributed by atoms with Crippen molar-refractivity contribution in [2.45, 2.75) is 24.6 Å². The summed E-state index contributed by atoms with van der Waals surface area (Å²) in [6.45, 7) is -0.110. The lowest BCUT2D eigenvalue weighted by molar-refractivity contribution is -0.242. The number of aliphatic hydroxyl groups is 3. The molecule has 4 atom stereocenters. The van der Waals surface area contributed by atoms with E-state index in [0.717, 1.165) is 5.75 Å². The second kappa shape index (κ2) is 7.71. The average Bonchev–Trinajstić information content (AvgIpc) is 2.64. The molecule has 0 radical (unpaired) electrons. The number of benzene rings is 2. The van der Waals surface area contributed by atoms with E-state index in [9.17, 15) is 15.3 Å². The van der Waals surface area contributed by atoms with Crippen LogP contribution >= 0.6 is 0 Å². The van der Waals surface area contributed by atoms with Crippen LogP contribution < -0.4 is 14.2 Å². The second-order valence-electron chi connectivity index (χ2n) is 5.62. The molecular formula is C18H20O7. The van der Waals surface area contributed by atoms with E-state index in [2.05, 4.69) is 0 Å². The van der Waals surface area contributed by atoms with E-state index >= 15 is 0 Å². The predicted molar refractivity (Wildman–Crippen MR) is 87.9 cm³/mol. The second-order valence-corrected chi connectivity index (χ2v) is 5.62. The van der Waals surface area contributed by atoms with E-state index < -0.39 is 24.6 Å². The van der Waals surface area contributed by atoms with Gasteiger partial charge in [0.25, 0.3) is 0 Å². The molecule has 1 saturated heterocycles. The molecule has 0 aliphatic carbocycles. The first-order valence-electron chi connectivity index (χ1n) is 7.81. The highest BCUT2D eigenvalue weighted by molar-refractivity contribution is 5.37. The Hall–Kier alpha value is -2.32. The number of hydrogen-bond donors (Lipinski definition) is 3. The van der Waals surface area contributed by atoms with Crippen LogP contribution in [0.3, 0.4) is 0 Å². The number of rotatable bonds is 5. The van der Waals surface area contributed by atoms with Gasteiger partial charge in [0.15, 0.2) is 0 Å². The minimum absolute atomic E-state index is 0.110. The maximum atomic E-state index is 9.87. The predicted octanol–water partition coefficient (Wildman–Crippen LogP) is 1.31. The fourth-order valence-corrected chi connectivity index (χ4v) is 2.38. The Labute approximate surface area is 145 Å². The summed E-state index contributed by atoms with van der Waals surface area (Å²) in [5.41, 5.74) is 0. The summed E-state index contributed by atoms with van der Waals surface area (Å²) in [5.74, 6) is 2.46. The van der Waals surface area contributed by atoms with E-state index in [0.29, 0.717) is 17.2 Å². The maximum absolute atomic E-state index is 9.87. The quantitative estimate of drug-likeness (QED) is 0.749. The molecule has 1 aliphatic heterocycles. The SMILES string of the molecule is COc1ccc(Oc2ccc(O[C@H]3OC[C@H](O)[C@H](O)[C@H]3O)cc2)cc1. The Kier molecular flexibility index (Phi) is 5.40. The Morgan fingerprint density at radius 2 is 1.32 bits per heavy atom. The van der Waals surface area contributed by atoms with Crippen molar-refractivity contribution in [3.8, 4) is 23.0 Å². The van der Waals surface area contributed by atoms with Crippen LogP contribution in [0.25, 0.3) is 0 Å². The molecule has 3 rings (SSSR count). The van der Waals surface area contributed by atoms with Gasteiger partial charge in [-0.05, 0) is 48.5 Å². The Morgan fingerprint density at radius 1 is 0.800 bits per heavy atom. The van der Waals surface area contributed by atoms with Crippen molar-refractivity contribution in [1.29, 1.82) is 0 Å². The summed E-state index contributed by atoms with van der Waals surface area (Å²) in [5, 5.41) is 28.9. The first-order valence-corrected chi connectivity index (χ1v) is 7.81. The van der Waals surface area contributed by atoms with Gasteiger partial charge >= 0.3 is 0 Å². The average molecular weight is 348 g/mol. The molecule has 0 aromatic heterocycles. The van der Waals surface area contributed by atoms with E-state index in [1.54, 1.807) is 55.6 Å². The third-order valence-electron chi connectivity index (χ3n) is 3.83. The Morgan fingerprint density at radius 3 is 1.88 bits per heavy atom. The highest BCUT2D eigenvalue weighted by atomic mass is 16.7. The molecule has 25 heavy (non-hydrogen) atoms. The van der Waals surface area contributed by atoms with Crippen LogP contribution in [0.5, 0.6) is 23.0 Å². The highest BCUT2D eigenvalue weighted by Gasteiger charge is 2.38. The van der Waals surface area contributed by atoms with Crippen LogP contribution in [-0.4, -0.2) is 53.6 Å². The number of ether oxygens (including phenoxy) is 4. The van der Waals surface area contributed by atoms with Crippen LogP contribution in [-0.2, 0) is 4.74 Å². The summed E-state index contributed by atoms with van der Waals surface area (Å²) in [6.07, 6.45) is -4.82. The zero-order valence-corrected chi connectivity index (χ0v) is 13.6. The number of aliphatic hydroxyl groups excluding tert-OH is 3. The molecule has 1 heterocycles. The molecule has 1 fully saturated rings. The smallest absolute Gasteiger partial charge is 0.228 e. The minimum atomic E-state index is -1.33. The third kappa shape index (κ3) is 4.21. The van der Waals surface area contributed by atoms with E-state index in [1.807, 2.05) is 0 Å². The van der Waals surface area contributed by atoms with Crippen molar-refractivity contribution in [2.24, 2.45) is 0 Å². The molecule has 0 bridgehead atoms. The van der Waals surface area contributed by atoms with Gasteiger partial charge in [0.2, 0.25) is 6.29 Å².